The molecule has 6 aliphatic rings. The summed E-state index contributed by atoms with van der Waals surface area (Å²) in [6.45, 7) is 6.88. The Hall–Kier alpha value is -1.20. The summed E-state index contributed by atoms with van der Waals surface area (Å²) < 4.78 is 17.0. The number of ketones is 1. The van der Waals surface area contributed by atoms with Crippen LogP contribution in [0.5, 0.6) is 0 Å². The normalized spacial score (nSPS) is 54.2. The van der Waals surface area contributed by atoms with E-state index in [4.69, 9.17) is 14.2 Å². The molecular formula is C24H32O5. The van der Waals surface area contributed by atoms with E-state index in [0.29, 0.717) is 24.4 Å². The summed E-state index contributed by atoms with van der Waals surface area (Å²) in [5, 5.41) is 0. The Labute approximate surface area is 172 Å². The van der Waals surface area contributed by atoms with E-state index in [-0.39, 0.29) is 40.9 Å². The van der Waals surface area contributed by atoms with Crippen molar-refractivity contribution >= 4 is 11.8 Å². The first-order valence-electron chi connectivity index (χ1n) is 11.5. The van der Waals surface area contributed by atoms with Crippen molar-refractivity contribution in [2.24, 2.45) is 28.6 Å². The highest BCUT2D eigenvalue weighted by Gasteiger charge is 2.81. The molecule has 2 aliphatic heterocycles. The molecule has 5 nitrogen and oxygen atoms in total. The molecule has 0 bridgehead atoms. The second kappa shape index (κ2) is 5.73. The molecule has 2 heterocycles. The predicted octanol–water partition coefficient (Wildman–Crippen LogP) is 3.60. The van der Waals surface area contributed by atoms with Crippen molar-refractivity contribution in [3.63, 3.8) is 0 Å². The highest BCUT2D eigenvalue weighted by atomic mass is 16.6. The first kappa shape index (κ1) is 18.6. The Kier molecular flexibility index (Phi) is 3.67. The van der Waals surface area contributed by atoms with Gasteiger partial charge in [0.2, 0.25) is 0 Å². The number of ether oxygens (including phenoxy) is 3. The summed E-state index contributed by atoms with van der Waals surface area (Å²) in [6.07, 6.45) is 9.75. The third-order valence-electron chi connectivity index (χ3n) is 9.81. The van der Waals surface area contributed by atoms with Gasteiger partial charge in [0.25, 0.3) is 0 Å². The number of carbonyl (C=O) groups excluding carboxylic acids is 2. The molecule has 29 heavy (non-hydrogen) atoms. The zero-order valence-electron chi connectivity index (χ0n) is 17.7. The summed E-state index contributed by atoms with van der Waals surface area (Å²) in [5.74, 6) is 1.92. The molecule has 158 valence electrons. The maximum absolute atomic E-state index is 13.1. The Bertz CT molecular complexity index is 814. The number of allylic oxidation sites excluding steroid dienone is 1. The molecule has 0 radical (unpaired) electrons. The minimum atomic E-state index is -0.554. The fourth-order valence-corrected chi connectivity index (χ4v) is 8.25. The lowest BCUT2D eigenvalue weighted by Gasteiger charge is -2.58. The van der Waals surface area contributed by atoms with Crippen molar-refractivity contribution in [1.82, 2.24) is 0 Å². The third kappa shape index (κ3) is 2.29. The molecule has 6 rings (SSSR count). The lowest BCUT2D eigenvalue weighted by molar-refractivity contribution is -0.149. The number of hydrogen-bond acceptors (Lipinski definition) is 5. The van der Waals surface area contributed by atoms with Gasteiger partial charge >= 0.3 is 5.97 Å². The van der Waals surface area contributed by atoms with Gasteiger partial charge in [-0.2, -0.15) is 0 Å². The molecule has 0 aromatic carbocycles. The molecule has 0 spiro atoms. The van der Waals surface area contributed by atoms with E-state index < -0.39 is 5.60 Å². The monoisotopic (exact) mass is 400 g/mol. The van der Waals surface area contributed by atoms with Gasteiger partial charge in [0.05, 0.1) is 12.7 Å². The van der Waals surface area contributed by atoms with Gasteiger partial charge in [-0.15, -0.1) is 0 Å². The van der Waals surface area contributed by atoms with Crippen molar-refractivity contribution in [2.45, 2.75) is 89.6 Å². The highest BCUT2D eigenvalue weighted by Crippen LogP contribution is 2.73. The maximum atomic E-state index is 13.1. The first-order valence-corrected chi connectivity index (χ1v) is 11.5. The van der Waals surface area contributed by atoms with Crippen LogP contribution in [0.1, 0.15) is 65.7 Å². The molecule has 0 aromatic heterocycles. The number of esters is 1. The number of fused-ring (bicyclic) bond motifs is 7. The highest BCUT2D eigenvalue weighted by molar-refractivity contribution is 5.97. The number of epoxide rings is 2. The van der Waals surface area contributed by atoms with Gasteiger partial charge in [0.1, 0.15) is 12.2 Å². The average Bonchev–Trinajstić information content (AvgIpc) is 3.58. The van der Waals surface area contributed by atoms with E-state index in [1.807, 2.05) is 0 Å². The zero-order chi connectivity index (χ0) is 20.2. The molecule has 0 unspecified atom stereocenters. The Morgan fingerprint density at radius 3 is 2.69 bits per heavy atom. The van der Waals surface area contributed by atoms with Crippen LogP contribution in [-0.4, -0.2) is 42.3 Å². The molecule has 5 fully saturated rings. The van der Waals surface area contributed by atoms with Gasteiger partial charge in [-0.1, -0.05) is 25.5 Å². The van der Waals surface area contributed by atoms with E-state index >= 15 is 0 Å². The van der Waals surface area contributed by atoms with Crippen LogP contribution >= 0.6 is 0 Å². The summed E-state index contributed by atoms with van der Waals surface area (Å²) in [6, 6.07) is 0. The molecule has 0 aromatic rings. The number of carbonyl (C=O) groups is 2. The Balaban J connectivity index is 1.28. The van der Waals surface area contributed by atoms with Gasteiger partial charge < -0.3 is 14.2 Å². The predicted molar refractivity (Wildman–Crippen MR) is 105 cm³/mol. The molecule has 2 saturated heterocycles. The second-order valence-electron chi connectivity index (χ2n) is 11.0. The van der Waals surface area contributed by atoms with Crippen LogP contribution in [0.25, 0.3) is 0 Å². The van der Waals surface area contributed by atoms with Crippen LogP contribution in [0.2, 0.25) is 0 Å². The van der Waals surface area contributed by atoms with E-state index in [1.165, 1.54) is 18.9 Å². The molecule has 3 saturated carbocycles. The minimum absolute atomic E-state index is 0.0431. The largest absolute Gasteiger partial charge is 0.462 e. The summed E-state index contributed by atoms with van der Waals surface area (Å²) in [7, 11) is 0. The van der Waals surface area contributed by atoms with Crippen molar-refractivity contribution in [1.29, 1.82) is 0 Å². The lowest BCUT2D eigenvalue weighted by Crippen LogP contribution is -2.55. The Morgan fingerprint density at radius 1 is 1.17 bits per heavy atom. The van der Waals surface area contributed by atoms with Gasteiger partial charge in [-0.3, -0.25) is 9.59 Å². The van der Waals surface area contributed by atoms with E-state index in [2.05, 4.69) is 19.9 Å². The van der Waals surface area contributed by atoms with Crippen LogP contribution in [-0.2, 0) is 23.8 Å². The summed E-state index contributed by atoms with van der Waals surface area (Å²) in [5.41, 5.74) is 1.13. The number of hydrogen-bond donors (Lipinski definition) is 0. The summed E-state index contributed by atoms with van der Waals surface area (Å²) >= 11 is 0. The molecule has 4 aliphatic carbocycles. The molecular weight excluding hydrogens is 368 g/mol. The molecule has 9 atom stereocenters. The molecule has 0 amide bonds. The Morgan fingerprint density at radius 2 is 1.97 bits per heavy atom. The van der Waals surface area contributed by atoms with E-state index in [0.717, 1.165) is 38.5 Å². The van der Waals surface area contributed by atoms with E-state index in [1.54, 1.807) is 0 Å². The van der Waals surface area contributed by atoms with Crippen molar-refractivity contribution in [3.8, 4) is 0 Å². The van der Waals surface area contributed by atoms with Crippen LogP contribution in [0.3, 0.4) is 0 Å². The maximum Gasteiger partial charge on any atom is 0.302 e. The van der Waals surface area contributed by atoms with Gasteiger partial charge in [0.15, 0.2) is 11.4 Å². The van der Waals surface area contributed by atoms with Gasteiger partial charge in [-0.05, 0) is 61.7 Å². The van der Waals surface area contributed by atoms with Crippen molar-refractivity contribution < 1.29 is 23.8 Å². The molecule has 5 heteroatoms. The van der Waals surface area contributed by atoms with Gasteiger partial charge in [-0.25, -0.2) is 0 Å². The van der Waals surface area contributed by atoms with Crippen molar-refractivity contribution in [3.05, 3.63) is 11.6 Å². The van der Waals surface area contributed by atoms with Crippen molar-refractivity contribution in [2.75, 3.05) is 6.61 Å². The van der Waals surface area contributed by atoms with Crippen LogP contribution in [0, 0.1) is 28.6 Å². The van der Waals surface area contributed by atoms with Crippen LogP contribution in [0.15, 0.2) is 11.6 Å². The standard InChI is InChI=1S/C24H32O5/c1-13(25)28-15-6-8-22(2)14(10-15)4-5-16-17(22)7-9-23(3)18(16)11-20-24(23,29-20)21(26)19-12-27-19/h4,15-20H,5-12H2,1-3H3/t15-,16-,17+,18+,19-,20+,22-,23-,24+/m0/s1. The number of rotatable bonds is 3. The quantitative estimate of drug-likeness (QED) is 0.411. The summed E-state index contributed by atoms with van der Waals surface area (Å²) in [4.78, 5) is 24.5. The van der Waals surface area contributed by atoms with Crippen LogP contribution in [0.4, 0.5) is 0 Å². The van der Waals surface area contributed by atoms with E-state index in [9.17, 15) is 9.59 Å². The van der Waals surface area contributed by atoms with Crippen LogP contribution < -0.4 is 0 Å². The third-order valence-corrected chi connectivity index (χ3v) is 9.81. The fraction of sp³-hybridized carbons (Fsp3) is 0.833. The first-order chi connectivity index (χ1) is 13.8. The SMILES string of the molecule is CC(=O)O[C@H]1CC[C@@]2(C)C(=CC[C@H]3[C@H]2CC[C@@]2(C)[C@@H]3C[C@H]3O[C@@]32C(=O)[C@@H]2CO2)C1. The topological polar surface area (TPSA) is 68.4 Å². The number of Topliss-reactive ketones (excluding diaryl/α,β-unsaturated/α-hetero) is 1. The lowest BCUT2D eigenvalue weighted by atomic mass is 9.47. The molecule has 0 N–H and O–H groups in total. The fourth-order valence-electron chi connectivity index (χ4n) is 8.25. The minimum Gasteiger partial charge on any atom is -0.462 e. The smallest absolute Gasteiger partial charge is 0.302 e. The second-order valence-corrected chi connectivity index (χ2v) is 11.0. The van der Waals surface area contributed by atoms with Gasteiger partial charge in [0, 0.05) is 18.8 Å². The zero-order valence-corrected chi connectivity index (χ0v) is 17.7. The average molecular weight is 401 g/mol.